The Bertz CT molecular complexity index is 1330. The fourth-order valence-corrected chi connectivity index (χ4v) is 3.75. The van der Waals surface area contributed by atoms with Gasteiger partial charge in [0.2, 0.25) is 5.91 Å². The van der Waals surface area contributed by atoms with E-state index >= 15 is 0 Å². The largest absolute Gasteiger partial charge is 0.350 e. The van der Waals surface area contributed by atoms with Crippen molar-refractivity contribution in [3.63, 3.8) is 0 Å². The molecule has 4 rings (SSSR count). The molecule has 33 heavy (non-hydrogen) atoms. The monoisotopic (exact) mass is 506 g/mol. The van der Waals surface area contributed by atoms with Gasteiger partial charge in [-0.15, -0.1) is 0 Å². The number of nitrogens with one attached hydrogen (secondary N) is 1. The van der Waals surface area contributed by atoms with Crippen molar-refractivity contribution in [2.45, 2.75) is 13.1 Å². The van der Waals surface area contributed by atoms with E-state index in [4.69, 9.17) is 34.8 Å². The summed E-state index contributed by atoms with van der Waals surface area (Å²) in [4.78, 5) is 13.7. The molecular weight excluding hydrogens is 493 g/mol. The van der Waals surface area contributed by atoms with Crippen molar-refractivity contribution in [3.05, 3.63) is 92.9 Å². The maximum atomic E-state index is 13.8. The molecule has 1 N–H and O–H groups in total. The van der Waals surface area contributed by atoms with E-state index < -0.39 is 17.5 Å². The minimum atomic E-state index is -0.739. The molecule has 10 heteroatoms. The van der Waals surface area contributed by atoms with Crippen molar-refractivity contribution in [2.24, 2.45) is 0 Å². The highest BCUT2D eigenvalue weighted by molar-refractivity contribution is 6.36. The van der Waals surface area contributed by atoms with Crippen LogP contribution in [-0.2, 0) is 17.9 Å². The van der Waals surface area contributed by atoms with Crippen molar-refractivity contribution in [2.75, 3.05) is 0 Å². The number of halogens is 5. The number of hydrogen-bond acceptors (Lipinski definition) is 3. The van der Waals surface area contributed by atoms with Crippen LogP contribution in [0.15, 0.2) is 60.7 Å². The molecule has 4 aromatic rings. The SMILES string of the molecule is O=C(Cn1nc(-c2ccc(Cl)cc2)c(-c2ccc(Cl)cc2Cl)n1)NCc1ccc(F)cc1F. The molecule has 0 aliphatic rings. The lowest BCUT2D eigenvalue weighted by Crippen LogP contribution is -2.28. The molecule has 3 aromatic carbocycles. The van der Waals surface area contributed by atoms with E-state index in [1.807, 2.05) is 0 Å². The molecule has 0 spiro atoms. The Morgan fingerprint density at radius 2 is 1.58 bits per heavy atom. The molecule has 0 radical (unpaired) electrons. The number of rotatable bonds is 6. The third-order valence-corrected chi connectivity index (χ3v) is 5.54. The second kappa shape index (κ2) is 9.87. The van der Waals surface area contributed by atoms with E-state index in [0.717, 1.165) is 17.7 Å². The van der Waals surface area contributed by atoms with Gasteiger partial charge < -0.3 is 5.32 Å². The standard InChI is InChI=1S/C23H15Cl3F2N4O/c24-15-4-1-13(2-5-15)22-23(18-8-6-16(25)9-19(18)26)31-32(30-22)12-21(33)29-11-14-3-7-17(27)10-20(14)28/h1-10H,11-12H2,(H,29,33). The first-order valence-corrected chi connectivity index (χ1v) is 10.8. The van der Waals surface area contributed by atoms with Crippen LogP contribution in [0.3, 0.4) is 0 Å². The van der Waals surface area contributed by atoms with Crippen LogP contribution in [0, 0.1) is 11.6 Å². The molecule has 0 bridgehead atoms. The highest BCUT2D eigenvalue weighted by Gasteiger charge is 2.19. The van der Waals surface area contributed by atoms with Crippen LogP contribution in [0.4, 0.5) is 8.78 Å². The van der Waals surface area contributed by atoms with E-state index in [9.17, 15) is 13.6 Å². The Hall–Kier alpha value is -3.00. The predicted octanol–water partition coefficient (Wildman–Crippen LogP) is 6.17. The Labute approximate surface area is 202 Å². The van der Waals surface area contributed by atoms with Crippen LogP contribution in [0.5, 0.6) is 0 Å². The molecular formula is C23H15Cl3F2N4O. The topological polar surface area (TPSA) is 59.8 Å². The summed E-state index contributed by atoms with van der Waals surface area (Å²) in [5, 5.41) is 12.9. The zero-order valence-corrected chi connectivity index (χ0v) is 19.1. The first-order valence-electron chi connectivity index (χ1n) is 9.67. The van der Waals surface area contributed by atoms with Crippen LogP contribution in [0.1, 0.15) is 5.56 Å². The molecule has 0 aliphatic carbocycles. The van der Waals surface area contributed by atoms with Gasteiger partial charge in [-0.25, -0.2) is 8.78 Å². The summed E-state index contributed by atoms with van der Waals surface area (Å²) in [7, 11) is 0. The molecule has 0 atom stereocenters. The zero-order valence-electron chi connectivity index (χ0n) is 16.8. The van der Waals surface area contributed by atoms with E-state index in [1.54, 1.807) is 42.5 Å². The smallest absolute Gasteiger partial charge is 0.243 e. The molecule has 1 aromatic heterocycles. The average Bonchev–Trinajstić information content (AvgIpc) is 3.17. The fraction of sp³-hybridized carbons (Fsp3) is 0.0870. The van der Waals surface area contributed by atoms with Gasteiger partial charge in [-0.3, -0.25) is 4.79 Å². The Morgan fingerprint density at radius 3 is 2.27 bits per heavy atom. The molecule has 1 heterocycles. The van der Waals surface area contributed by atoms with Gasteiger partial charge in [0, 0.05) is 39.3 Å². The molecule has 0 saturated heterocycles. The zero-order chi connectivity index (χ0) is 23.5. The summed E-state index contributed by atoms with van der Waals surface area (Å²) < 4.78 is 26.9. The minimum absolute atomic E-state index is 0.105. The predicted molar refractivity (Wildman–Crippen MR) is 124 cm³/mol. The highest BCUT2D eigenvalue weighted by atomic mass is 35.5. The minimum Gasteiger partial charge on any atom is -0.350 e. The van der Waals surface area contributed by atoms with E-state index in [-0.39, 0.29) is 18.7 Å². The van der Waals surface area contributed by atoms with Crippen molar-refractivity contribution < 1.29 is 13.6 Å². The third-order valence-electron chi connectivity index (χ3n) is 4.74. The van der Waals surface area contributed by atoms with E-state index in [0.29, 0.717) is 32.0 Å². The number of amides is 1. The number of benzene rings is 3. The second-order valence-electron chi connectivity index (χ2n) is 7.07. The van der Waals surface area contributed by atoms with E-state index in [2.05, 4.69) is 15.5 Å². The first kappa shape index (κ1) is 23.2. The molecule has 5 nitrogen and oxygen atoms in total. The maximum Gasteiger partial charge on any atom is 0.243 e. The second-order valence-corrected chi connectivity index (χ2v) is 8.35. The number of hydrogen-bond donors (Lipinski definition) is 1. The van der Waals surface area contributed by atoms with Crippen LogP contribution < -0.4 is 5.32 Å². The maximum absolute atomic E-state index is 13.8. The summed E-state index contributed by atoms with van der Waals surface area (Å²) in [6.45, 7) is -0.333. The van der Waals surface area contributed by atoms with Crippen molar-refractivity contribution in [1.29, 1.82) is 0 Å². The molecule has 1 amide bonds. The van der Waals surface area contributed by atoms with Gasteiger partial charge in [-0.05, 0) is 36.4 Å². The van der Waals surface area contributed by atoms with Crippen LogP contribution in [0.25, 0.3) is 22.5 Å². The van der Waals surface area contributed by atoms with Gasteiger partial charge in [0.15, 0.2) is 0 Å². The van der Waals surface area contributed by atoms with Gasteiger partial charge >= 0.3 is 0 Å². The Kier molecular flexibility index (Phi) is 6.93. The number of aromatic nitrogens is 3. The summed E-state index contributed by atoms with van der Waals surface area (Å²) >= 11 is 18.4. The molecule has 168 valence electrons. The van der Waals surface area contributed by atoms with Gasteiger partial charge in [-0.2, -0.15) is 15.0 Å². The summed E-state index contributed by atoms with van der Waals surface area (Å²) in [5.41, 5.74) is 2.42. The molecule has 0 saturated carbocycles. The molecule has 0 aliphatic heterocycles. The summed E-state index contributed by atoms with van der Waals surface area (Å²) in [5.74, 6) is -1.88. The normalized spacial score (nSPS) is 10.9. The van der Waals surface area contributed by atoms with Crippen LogP contribution in [0.2, 0.25) is 15.1 Å². The van der Waals surface area contributed by atoms with Gasteiger partial charge in [0.05, 0.1) is 5.02 Å². The lowest BCUT2D eigenvalue weighted by molar-refractivity contribution is -0.122. The molecule has 0 fully saturated rings. The Morgan fingerprint density at radius 1 is 0.879 bits per heavy atom. The van der Waals surface area contributed by atoms with Gasteiger partial charge in [0.1, 0.15) is 29.6 Å². The first-order chi connectivity index (χ1) is 15.8. The van der Waals surface area contributed by atoms with Gasteiger partial charge in [0.25, 0.3) is 0 Å². The van der Waals surface area contributed by atoms with Crippen molar-refractivity contribution in [3.8, 4) is 22.5 Å². The number of carbonyl (C=O) groups excluding carboxylic acids is 1. The Balaban J connectivity index is 1.60. The number of nitrogens with zero attached hydrogens (tertiary/aromatic N) is 3. The van der Waals surface area contributed by atoms with Crippen LogP contribution >= 0.6 is 34.8 Å². The van der Waals surface area contributed by atoms with Crippen molar-refractivity contribution >= 4 is 40.7 Å². The quantitative estimate of drug-likeness (QED) is 0.340. The summed E-state index contributed by atoms with van der Waals surface area (Å²) in [6.07, 6.45) is 0. The lowest BCUT2D eigenvalue weighted by Gasteiger charge is -2.06. The molecule has 0 unspecified atom stereocenters. The fourth-order valence-electron chi connectivity index (χ4n) is 3.13. The summed E-state index contributed by atoms with van der Waals surface area (Å²) in [6, 6.07) is 15.1. The third kappa shape index (κ3) is 5.50. The highest BCUT2D eigenvalue weighted by Crippen LogP contribution is 2.35. The van der Waals surface area contributed by atoms with Gasteiger partial charge in [-0.1, -0.05) is 53.0 Å². The number of carbonyl (C=O) groups is 1. The van der Waals surface area contributed by atoms with E-state index in [1.165, 1.54) is 10.9 Å². The van der Waals surface area contributed by atoms with Crippen LogP contribution in [-0.4, -0.2) is 20.9 Å². The lowest BCUT2D eigenvalue weighted by atomic mass is 10.1. The average molecular weight is 508 g/mol. The van der Waals surface area contributed by atoms with Crippen molar-refractivity contribution in [1.82, 2.24) is 20.3 Å².